The van der Waals surface area contributed by atoms with Gasteiger partial charge in [0.2, 0.25) is 0 Å². The Balaban J connectivity index is 1.58. The number of anilines is 1. The van der Waals surface area contributed by atoms with E-state index in [-0.39, 0.29) is 12.3 Å². The maximum atomic E-state index is 13.4. The molecule has 0 spiro atoms. The first-order valence-corrected chi connectivity index (χ1v) is 13.8. The van der Waals surface area contributed by atoms with E-state index in [2.05, 4.69) is 9.88 Å². The zero-order chi connectivity index (χ0) is 28.5. The van der Waals surface area contributed by atoms with Crippen molar-refractivity contribution in [1.29, 1.82) is 0 Å². The van der Waals surface area contributed by atoms with Crippen molar-refractivity contribution < 1.29 is 19.1 Å². The molecule has 0 atom stereocenters. The fourth-order valence-corrected chi connectivity index (χ4v) is 4.99. The molecule has 2 aromatic heterocycles. The van der Waals surface area contributed by atoms with Gasteiger partial charge in [-0.1, -0.05) is 25.2 Å². The number of aliphatic carboxylic acids is 1. The van der Waals surface area contributed by atoms with E-state index in [0.717, 1.165) is 36.3 Å². The number of piperazine rings is 1. The number of allylic oxidation sites excluding steroid dienone is 4. The lowest BCUT2D eigenvalue weighted by Crippen LogP contribution is -2.49. The van der Waals surface area contributed by atoms with Crippen LogP contribution in [0.3, 0.4) is 0 Å². The lowest BCUT2D eigenvalue weighted by Gasteiger charge is -2.36. The molecule has 0 aliphatic carbocycles. The topological polar surface area (TPSA) is 99.5 Å². The number of fused-ring (bicyclic) bond motifs is 1. The molecule has 1 aromatic carbocycles. The molecule has 1 amide bonds. The number of alkyl halides is 1. The van der Waals surface area contributed by atoms with Gasteiger partial charge in [0.05, 0.1) is 22.4 Å². The van der Waals surface area contributed by atoms with Crippen LogP contribution >= 0.6 is 0 Å². The first-order valence-electron chi connectivity index (χ1n) is 13.8. The van der Waals surface area contributed by atoms with Crippen molar-refractivity contribution in [1.82, 2.24) is 19.9 Å². The smallest absolute Gasteiger partial charge is 0.303 e. The normalized spacial score (nSPS) is 14.3. The molecule has 0 bridgehead atoms. The third-order valence-electron chi connectivity index (χ3n) is 7.02. The first-order chi connectivity index (χ1) is 19.4. The monoisotopic (exact) mass is 545 g/mol. The fraction of sp³-hybridized carbons (Fsp3) is 0.387. The van der Waals surface area contributed by atoms with Gasteiger partial charge in [0.1, 0.15) is 6.67 Å². The molecule has 4 rings (SSSR count). The summed E-state index contributed by atoms with van der Waals surface area (Å²) < 4.78 is 12.9. The third-order valence-corrected chi connectivity index (χ3v) is 7.02. The largest absolute Gasteiger partial charge is 0.481 e. The lowest BCUT2D eigenvalue weighted by molar-refractivity contribution is -0.137. The van der Waals surface area contributed by atoms with Crippen LogP contribution in [0.25, 0.3) is 16.6 Å². The highest BCUT2D eigenvalue weighted by Gasteiger charge is 2.24. The second kappa shape index (κ2) is 13.8. The van der Waals surface area contributed by atoms with Gasteiger partial charge in [0.15, 0.2) is 0 Å². The number of carbonyl (C=O) groups excluding carboxylic acids is 1. The second-order valence-corrected chi connectivity index (χ2v) is 9.89. The Morgan fingerprint density at radius 1 is 1.07 bits per heavy atom. The zero-order valence-corrected chi connectivity index (χ0v) is 23.1. The Kier molecular flexibility index (Phi) is 9.94. The number of carbonyl (C=O) groups is 2. The number of aromatic nitrogens is 3. The number of amides is 1. The molecule has 1 aliphatic heterocycles. The van der Waals surface area contributed by atoms with Crippen LogP contribution in [0.2, 0.25) is 0 Å². The van der Waals surface area contributed by atoms with Crippen molar-refractivity contribution >= 4 is 34.2 Å². The summed E-state index contributed by atoms with van der Waals surface area (Å²) in [6.45, 7) is 6.17. The average Bonchev–Trinajstić information content (AvgIpc) is 2.96. The summed E-state index contributed by atoms with van der Waals surface area (Å²) in [5, 5.41) is 9.01. The molecule has 1 aliphatic rings. The van der Waals surface area contributed by atoms with Gasteiger partial charge in [-0.25, -0.2) is 14.4 Å². The van der Waals surface area contributed by atoms with Gasteiger partial charge in [-0.3, -0.25) is 14.6 Å². The number of rotatable bonds is 11. The summed E-state index contributed by atoms with van der Waals surface area (Å²) in [6.07, 6.45) is 11.3. The van der Waals surface area contributed by atoms with E-state index in [1.54, 1.807) is 24.4 Å². The van der Waals surface area contributed by atoms with Crippen LogP contribution in [-0.4, -0.2) is 69.7 Å². The predicted molar refractivity (Wildman–Crippen MR) is 155 cm³/mol. The minimum Gasteiger partial charge on any atom is -0.481 e. The second-order valence-electron chi connectivity index (χ2n) is 9.89. The van der Waals surface area contributed by atoms with E-state index in [9.17, 15) is 14.0 Å². The number of hydrogen-bond acceptors (Lipinski definition) is 6. The van der Waals surface area contributed by atoms with Gasteiger partial charge in [0, 0.05) is 56.2 Å². The summed E-state index contributed by atoms with van der Waals surface area (Å²) in [6, 6.07) is 7.40. The number of nitrogens with zero attached hydrogens (tertiary/aromatic N) is 5. The highest BCUT2D eigenvalue weighted by Crippen LogP contribution is 2.25. The first kappa shape index (κ1) is 28.9. The number of hydrogen-bond donors (Lipinski definition) is 1. The molecule has 3 heterocycles. The molecule has 40 heavy (non-hydrogen) atoms. The van der Waals surface area contributed by atoms with Crippen molar-refractivity contribution in [2.24, 2.45) is 0 Å². The Morgan fingerprint density at radius 2 is 1.88 bits per heavy atom. The van der Waals surface area contributed by atoms with Crippen molar-refractivity contribution in [3.63, 3.8) is 0 Å². The van der Waals surface area contributed by atoms with Gasteiger partial charge >= 0.3 is 5.97 Å². The fourth-order valence-electron chi connectivity index (χ4n) is 4.99. The maximum Gasteiger partial charge on any atom is 0.303 e. The predicted octanol–water partition coefficient (Wildman–Crippen LogP) is 5.41. The number of halogens is 1. The molecule has 1 N–H and O–H groups in total. The van der Waals surface area contributed by atoms with Crippen LogP contribution < -0.4 is 4.90 Å². The molecule has 8 nitrogen and oxygen atoms in total. The number of aryl methyl sites for hydroxylation is 2. The Bertz CT molecular complexity index is 1410. The number of pyridine rings is 1. The summed E-state index contributed by atoms with van der Waals surface area (Å²) in [7, 11) is 0. The zero-order valence-electron chi connectivity index (χ0n) is 23.1. The summed E-state index contributed by atoms with van der Waals surface area (Å²) >= 11 is 0. The van der Waals surface area contributed by atoms with E-state index in [1.807, 2.05) is 43.2 Å². The van der Waals surface area contributed by atoms with Gasteiger partial charge < -0.3 is 14.9 Å². The van der Waals surface area contributed by atoms with E-state index < -0.39 is 12.6 Å². The number of benzene rings is 1. The minimum atomic E-state index is -0.831. The van der Waals surface area contributed by atoms with E-state index in [0.29, 0.717) is 60.3 Å². The van der Waals surface area contributed by atoms with Gasteiger partial charge in [-0.05, 0) is 68.0 Å². The molecule has 1 saturated heterocycles. The van der Waals surface area contributed by atoms with E-state index in [1.165, 1.54) is 6.08 Å². The molecule has 0 unspecified atom stereocenters. The van der Waals surface area contributed by atoms with Crippen molar-refractivity contribution in [2.45, 2.75) is 46.0 Å². The Labute approximate surface area is 234 Å². The number of unbranched alkanes of at least 4 members (excludes halogenated alkanes) is 1. The maximum absolute atomic E-state index is 13.4. The van der Waals surface area contributed by atoms with Gasteiger partial charge in [-0.2, -0.15) is 0 Å². The summed E-state index contributed by atoms with van der Waals surface area (Å²) in [4.78, 5) is 42.5. The van der Waals surface area contributed by atoms with Gasteiger partial charge in [-0.15, -0.1) is 0 Å². The molecule has 0 saturated carbocycles. The van der Waals surface area contributed by atoms with Crippen molar-refractivity contribution in [3.05, 3.63) is 77.4 Å². The average molecular weight is 546 g/mol. The molecule has 1 fully saturated rings. The summed E-state index contributed by atoms with van der Waals surface area (Å²) in [5.41, 5.74) is 6.24. The van der Waals surface area contributed by atoms with Crippen LogP contribution in [0.5, 0.6) is 0 Å². The molecule has 3 aromatic rings. The Morgan fingerprint density at radius 3 is 2.58 bits per heavy atom. The van der Waals surface area contributed by atoms with Crippen LogP contribution in [0.4, 0.5) is 10.1 Å². The van der Waals surface area contributed by atoms with Crippen LogP contribution in [-0.2, 0) is 11.2 Å². The Hall–Kier alpha value is -4.14. The van der Waals surface area contributed by atoms with Crippen LogP contribution in [0, 0.1) is 6.92 Å². The molecule has 0 radical (unpaired) electrons. The summed E-state index contributed by atoms with van der Waals surface area (Å²) in [5.74, 6) is -0.874. The number of carboxylic acids is 1. The van der Waals surface area contributed by atoms with E-state index in [4.69, 9.17) is 15.1 Å². The number of carboxylic acid groups (broad SMARTS) is 1. The van der Waals surface area contributed by atoms with E-state index >= 15 is 0 Å². The molecule has 210 valence electrons. The highest BCUT2D eigenvalue weighted by molar-refractivity contribution is 5.97. The van der Waals surface area contributed by atoms with Crippen molar-refractivity contribution in [2.75, 3.05) is 37.8 Å². The van der Waals surface area contributed by atoms with Gasteiger partial charge in [0.25, 0.3) is 5.91 Å². The van der Waals surface area contributed by atoms with Crippen molar-refractivity contribution in [3.8, 4) is 0 Å². The van der Waals surface area contributed by atoms with Crippen LogP contribution in [0.1, 0.15) is 59.9 Å². The molecular formula is C31H36FN5O3. The SMILES string of the molecule is CC/C=C(\C=C/CF)c1nc2ccc(C(=O)N3CCN(c4ccncc4C)CC3)cc2nc1CCCCC(=O)O. The van der Waals surface area contributed by atoms with Crippen LogP contribution in [0.15, 0.2) is 54.9 Å². The molecule has 9 heteroatoms. The highest BCUT2D eigenvalue weighted by atomic mass is 19.1. The standard InChI is InChI=1S/C31H36FN5O3/c1-3-7-23(8-6-14-32)30-26(9-4-5-10-29(38)39)34-27-20-24(11-12-25(27)35-30)31(40)37-18-16-36(17-19-37)28-13-15-33-21-22(28)2/h6-8,11-13,15,20-21H,3-5,9-10,14,16-19H2,1-2H3,(H,38,39)/b8-6-,23-7+. The quantitative estimate of drug-likeness (QED) is 0.254. The minimum absolute atomic E-state index is 0.0423. The molecular weight excluding hydrogens is 509 g/mol. The lowest BCUT2D eigenvalue weighted by atomic mass is 10.0. The third kappa shape index (κ3) is 7.08.